The third kappa shape index (κ3) is 3.28. The molecular formula is C18H24N4O2. The zero-order valence-electron chi connectivity index (χ0n) is 14.2. The first-order chi connectivity index (χ1) is 11.5. The van der Waals surface area contributed by atoms with Crippen LogP contribution in [-0.4, -0.2) is 41.3 Å². The van der Waals surface area contributed by atoms with E-state index in [2.05, 4.69) is 47.2 Å². The summed E-state index contributed by atoms with van der Waals surface area (Å²) >= 11 is 0. The van der Waals surface area contributed by atoms with Crippen molar-refractivity contribution in [3.05, 3.63) is 35.0 Å². The number of carbonyl (C=O) groups excluding carboxylic acids is 2. The molecule has 0 unspecified atom stereocenters. The summed E-state index contributed by atoms with van der Waals surface area (Å²) in [4.78, 5) is 27.9. The molecule has 0 spiro atoms. The van der Waals surface area contributed by atoms with Gasteiger partial charge >= 0.3 is 11.8 Å². The van der Waals surface area contributed by atoms with E-state index in [1.165, 1.54) is 27.7 Å². The highest BCUT2D eigenvalue weighted by atomic mass is 16.2. The van der Waals surface area contributed by atoms with Crippen molar-refractivity contribution in [2.45, 2.75) is 26.8 Å². The third-order valence-electron chi connectivity index (χ3n) is 4.97. The number of hydrogen-bond acceptors (Lipinski definition) is 3. The predicted molar refractivity (Wildman–Crippen MR) is 93.4 cm³/mol. The van der Waals surface area contributed by atoms with E-state index in [-0.39, 0.29) is 0 Å². The molecule has 2 aromatic rings. The number of rotatable bonds is 4. The maximum Gasteiger partial charge on any atom is 0.309 e. The molecule has 6 nitrogen and oxygen atoms in total. The largest absolute Gasteiger partial charge is 0.361 e. The van der Waals surface area contributed by atoms with E-state index < -0.39 is 11.8 Å². The molecule has 3 rings (SSSR count). The first-order valence-corrected chi connectivity index (χ1v) is 8.32. The van der Waals surface area contributed by atoms with Gasteiger partial charge in [0.2, 0.25) is 0 Å². The highest BCUT2D eigenvalue weighted by molar-refractivity contribution is 6.34. The molecule has 0 saturated carbocycles. The fourth-order valence-corrected chi connectivity index (χ4v) is 3.46. The number of carbonyl (C=O) groups is 2. The molecule has 0 radical (unpaired) electrons. The molecule has 1 atom stereocenters. The summed E-state index contributed by atoms with van der Waals surface area (Å²) < 4.78 is 0. The molecule has 1 aliphatic heterocycles. The monoisotopic (exact) mass is 328 g/mol. The molecule has 2 amide bonds. The van der Waals surface area contributed by atoms with Crippen molar-refractivity contribution in [1.29, 1.82) is 0 Å². The lowest BCUT2D eigenvalue weighted by Crippen LogP contribution is -2.39. The number of H-pyrrole nitrogens is 1. The molecule has 6 heteroatoms. The lowest BCUT2D eigenvalue weighted by Gasteiger charge is -2.17. The van der Waals surface area contributed by atoms with Crippen molar-refractivity contribution in [1.82, 2.24) is 15.2 Å². The summed E-state index contributed by atoms with van der Waals surface area (Å²) in [6.07, 6.45) is 1.01. The number of amides is 2. The van der Waals surface area contributed by atoms with Gasteiger partial charge in [0, 0.05) is 30.7 Å². The second-order valence-electron chi connectivity index (χ2n) is 6.68. The molecule has 24 heavy (non-hydrogen) atoms. The van der Waals surface area contributed by atoms with E-state index in [0.29, 0.717) is 12.5 Å². The first-order valence-electron chi connectivity index (χ1n) is 8.32. The van der Waals surface area contributed by atoms with E-state index in [9.17, 15) is 9.59 Å². The van der Waals surface area contributed by atoms with Crippen LogP contribution in [0.3, 0.4) is 0 Å². The van der Waals surface area contributed by atoms with Gasteiger partial charge < -0.3 is 16.0 Å². The normalized spacial score (nSPS) is 18.2. The molecule has 1 saturated heterocycles. The Bertz CT molecular complexity index is 781. The number of likely N-dealkylation sites (tertiary alicyclic amines) is 1. The van der Waals surface area contributed by atoms with Crippen LogP contribution in [0.25, 0.3) is 10.9 Å². The molecule has 4 N–H and O–H groups in total. The fraction of sp³-hybridized carbons (Fsp3) is 0.444. The molecule has 1 aromatic carbocycles. The number of primary amides is 1. The quantitative estimate of drug-likeness (QED) is 0.737. The Morgan fingerprint density at radius 1 is 1.38 bits per heavy atom. The van der Waals surface area contributed by atoms with Crippen LogP contribution in [-0.2, 0) is 16.1 Å². The summed E-state index contributed by atoms with van der Waals surface area (Å²) in [5.74, 6) is -1.26. The number of aromatic amines is 1. The Balaban J connectivity index is 1.63. The van der Waals surface area contributed by atoms with Gasteiger partial charge in [-0.25, -0.2) is 0 Å². The van der Waals surface area contributed by atoms with E-state index in [1.807, 2.05) is 0 Å². The van der Waals surface area contributed by atoms with Gasteiger partial charge in [0.25, 0.3) is 0 Å². The number of nitrogens with zero attached hydrogens (tertiary/aromatic N) is 1. The molecule has 0 bridgehead atoms. The Morgan fingerprint density at radius 3 is 2.92 bits per heavy atom. The minimum Gasteiger partial charge on any atom is -0.361 e. The summed E-state index contributed by atoms with van der Waals surface area (Å²) in [5, 5.41) is 3.89. The number of para-hydroxylation sites is 1. The lowest BCUT2D eigenvalue weighted by atomic mass is 10.1. The Morgan fingerprint density at radius 2 is 2.17 bits per heavy atom. The van der Waals surface area contributed by atoms with Gasteiger partial charge in [-0.2, -0.15) is 0 Å². The molecule has 128 valence electrons. The lowest BCUT2D eigenvalue weighted by molar-refractivity contribution is -0.137. The van der Waals surface area contributed by atoms with Crippen LogP contribution in [0, 0.1) is 19.8 Å². The second-order valence-corrected chi connectivity index (χ2v) is 6.68. The van der Waals surface area contributed by atoms with Gasteiger partial charge in [0.05, 0.1) is 5.52 Å². The number of benzene rings is 1. The smallest absolute Gasteiger partial charge is 0.309 e. The number of nitrogens with one attached hydrogen (secondary N) is 2. The van der Waals surface area contributed by atoms with Crippen molar-refractivity contribution in [3.8, 4) is 0 Å². The zero-order chi connectivity index (χ0) is 17.3. The van der Waals surface area contributed by atoms with Gasteiger partial charge in [-0.15, -0.1) is 0 Å². The van der Waals surface area contributed by atoms with E-state index in [0.717, 1.165) is 26.1 Å². The van der Waals surface area contributed by atoms with E-state index >= 15 is 0 Å². The highest BCUT2D eigenvalue weighted by Gasteiger charge is 2.24. The van der Waals surface area contributed by atoms with Crippen LogP contribution in [0.2, 0.25) is 0 Å². The van der Waals surface area contributed by atoms with Crippen molar-refractivity contribution >= 4 is 22.7 Å². The third-order valence-corrected chi connectivity index (χ3v) is 4.97. The minimum atomic E-state index is -0.922. The van der Waals surface area contributed by atoms with Gasteiger partial charge in [0.15, 0.2) is 0 Å². The molecule has 1 aromatic heterocycles. The van der Waals surface area contributed by atoms with Gasteiger partial charge in [0.1, 0.15) is 0 Å². The van der Waals surface area contributed by atoms with Crippen LogP contribution in [0.4, 0.5) is 0 Å². The van der Waals surface area contributed by atoms with Gasteiger partial charge in [-0.3, -0.25) is 14.5 Å². The SMILES string of the molecule is Cc1[nH]c2c(CN3CC[C@@H](CNC(=O)C(N)=O)C3)cccc2c1C. The van der Waals surface area contributed by atoms with Gasteiger partial charge in [-0.1, -0.05) is 18.2 Å². The topological polar surface area (TPSA) is 91.2 Å². The maximum atomic E-state index is 11.2. The predicted octanol–water partition coefficient (Wildman–Crippen LogP) is 1.21. The van der Waals surface area contributed by atoms with Crippen molar-refractivity contribution < 1.29 is 9.59 Å². The Kier molecular flexibility index (Phi) is 4.57. The standard InChI is InChI=1S/C18H24N4O2/c1-11-12(2)21-16-14(4-3-5-15(11)16)10-22-7-6-13(9-22)8-20-18(24)17(19)23/h3-5,13,21H,6-10H2,1-2H3,(H2,19,23)(H,20,24)/t13-/m0/s1. The zero-order valence-corrected chi connectivity index (χ0v) is 14.2. The molecular weight excluding hydrogens is 304 g/mol. The van der Waals surface area contributed by atoms with E-state index in [1.54, 1.807) is 0 Å². The van der Waals surface area contributed by atoms with Crippen molar-refractivity contribution in [2.24, 2.45) is 11.7 Å². The van der Waals surface area contributed by atoms with Crippen LogP contribution in [0.15, 0.2) is 18.2 Å². The molecule has 1 fully saturated rings. The molecule has 0 aliphatic carbocycles. The van der Waals surface area contributed by atoms with Crippen molar-refractivity contribution in [2.75, 3.05) is 19.6 Å². The maximum absolute atomic E-state index is 11.2. The summed E-state index contributed by atoms with van der Waals surface area (Å²) in [7, 11) is 0. The number of nitrogens with two attached hydrogens (primary N) is 1. The van der Waals surface area contributed by atoms with Crippen LogP contribution in [0.5, 0.6) is 0 Å². The Labute approximate surface area is 141 Å². The molecule has 2 heterocycles. The second kappa shape index (κ2) is 6.65. The summed E-state index contributed by atoms with van der Waals surface area (Å²) in [6, 6.07) is 6.43. The highest BCUT2D eigenvalue weighted by Crippen LogP contribution is 2.26. The fourth-order valence-electron chi connectivity index (χ4n) is 3.46. The minimum absolute atomic E-state index is 0.361. The Hall–Kier alpha value is -2.34. The number of aromatic nitrogens is 1. The number of fused-ring (bicyclic) bond motifs is 1. The number of hydrogen-bond donors (Lipinski definition) is 3. The van der Waals surface area contributed by atoms with Crippen molar-refractivity contribution in [3.63, 3.8) is 0 Å². The first kappa shape index (κ1) is 16.5. The number of aryl methyl sites for hydroxylation is 2. The average molecular weight is 328 g/mol. The van der Waals surface area contributed by atoms with Crippen LogP contribution < -0.4 is 11.1 Å². The molecule has 1 aliphatic rings. The van der Waals surface area contributed by atoms with Crippen LogP contribution >= 0.6 is 0 Å². The average Bonchev–Trinajstić information content (AvgIpc) is 3.11. The van der Waals surface area contributed by atoms with Crippen LogP contribution in [0.1, 0.15) is 23.2 Å². The van der Waals surface area contributed by atoms with Gasteiger partial charge in [-0.05, 0) is 43.9 Å². The summed E-state index contributed by atoms with van der Waals surface area (Å²) in [6.45, 7) is 7.54. The van der Waals surface area contributed by atoms with E-state index in [4.69, 9.17) is 5.73 Å². The summed E-state index contributed by atoms with van der Waals surface area (Å²) in [5.41, 5.74) is 9.99.